The zero-order chi connectivity index (χ0) is 15.3. The van der Waals surface area contributed by atoms with Gasteiger partial charge in [-0.15, -0.1) is 11.3 Å². The molecule has 1 aromatic rings. The predicted molar refractivity (Wildman–Crippen MR) is 70.5 cm³/mol. The molecule has 1 rings (SSSR count). The molecule has 20 heavy (non-hydrogen) atoms. The van der Waals surface area contributed by atoms with Crippen LogP contribution in [0.1, 0.15) is 17.0 Å². The molecule has 9 heteroatoms. The van der Waals surface area contributed by atoms with Crippen LogP contribution in [0.2, 0.25) is 0 Å². The average molecular weight is 301 g/mol. The van der Waals surface area contributed by atoms with E-state index in [1.807, 2.05) is 6.92 Å². The first kappa shape index (κ1) is 15.9. The van der Waals surface area contributed by atoms with Gasteiger partial charge in [-0.1, -0.05) is 0 Å². The number of carboxylic acid groups (broad SMARTS) is 2. The number of amides is 2. The second-order valence-corrected chi connectivity index (χ2v) is 5.09. The van der Waals surface area contributed by atoms with Crippen LogP contribution in [-0.2, 0) is 16.1 Å². The van der Waals surface area contributed by atoms with Gasteiger partial charge in [0.2, 0.25) is 0 Å². The largest absolute Gasteiger partial charge is 0.481 e. The minimum atomic E-state index is -1.45. The van der Waals surface area contributed by atoms with E-state index in [-0.39, 0.29) is 6.54 Å². The normalized spacial score (nSPS) is 11.7. The lowest BCUT2D eigenvalue weighted by Gasteiger charge is -2.20. The third-order valence-electron chi connectivity index (χ3n) is 2.55. The summed E-state index contributed by atoms with van der Waals surface area (Å²) in [5.74, 6) is -2.68. The van der Waals surface area contributed by atoms with Crippen molar-refractivity contribution in [1.82, 2.24) is 15.2 Å². The summed E-state index contributed by atoms with van der Waals surface area (Å²) in [6.45, 7) is 2.09. The highest BCUT2D eigenvalue weighted by atomic mass is 32.1. The van der Waals surface area contributed by atoms with Gasteiger partial charge in [0.1, 0.15) is 6.04 Å². The van der Waals surface area contributed by atoms with Gasteiger partial charge in [0, 0.05) is 11.9 Å². The summed E-state index contributed by atoms with van der Waals surface area (Å²) in [6.07, 6.45) is -0.672. The number of aromatic nitrogens is 1. The number of urea groups is 1. The molecular formula is C11H15N3O5S. The second-order valence-electron chi connectivity index (χ2n) is 4.16. The van der Waals surface area contributed by atoms with Crippen LogP contribution in [0.5, 0.6) is 0 Å². The van der Waals surface area contributed by atoms with E-state index in [1.54, 1.807) is 5.51 Å². The van der Waals surface area contributed by atoms with Crippen LogP contribution in [0.25, 0.3) is 0 Å². The molecule has 1 aromatic heterocycles. The summed E-state index contributed by atoms with van der Waals surface area (Å²) in [6, 6.07) is -2.10. The fourth-order valence-corrected chi connectivity index (χ4v) is 2.23. The number of thiazole rings is 1. The van der Waals surface area contributed by atoms with Gasteiger partial charge in [0.15, 0.2) is 0 Å². The van der Waals surface area contributed by atoms with Crippen molar-refractivity contribution in [3.8, 4) is 0 Å². The zero-order valence-corrected chi connectivity index (χ0v) is 11.8. The number of carbonyl (C=O) groups is 3. The van der Waals surface area contributed by atoms with Crippen molar-refractivity contribution in [2.24, 2.45) is 0 Å². The maximum atomic E-state index is 11.8. The summed E-state index contributed by atoms with van der Waals surface area (Å²) in [5, 5.41) is 19.6. The lowest BCUT2D eigenvalue weighted by atomic mass is 10.2. The highest BCUT2D eigenvalue weighted by Crippen LogP contribution is 2.14. The molecule has 8 nitrogen and oxygen atoms in total. The topological polar surface area (TPSA) is 120 Å². The Hall–Kier alpha value is -2.16. The summed E-state index contributed by atoms with van der Waals surface area (Å²) in [4.78, 5) is 39.4. The molecule has 1 heterocycles. The first-order valence-electron chi connectivity index (χ1n) is 5.66. The number of hydrogen-bond acceptors (Lipinski definition) is 5. The van der Waals surface area contributed by atoms with E-state index in [2.05, 4.69) is 10.3 Å². The molecule has 0 spiro atoms. The Kier molecular flexibility index (Phi) is 5.44. The van der Waals surface area contributed by atoms with Crippen molar-refractivity contribution >= 4 is 29.3 Å². The van der Waals surface area contributed by atoms with E-state index in [0.29, 0.717) is 0 Å². The number of hydrogen-bond donors (Lipinski definition) is 3. The zero-order valence-electron chi connectivity index (χ0n) is 11.0. The fraction of sp³-hybridized carbons (Fsp3) is 0.455. The maximum Gasteiger partial charge on any atom is 0.326 e. The average Bonchev–Trinajstić information content (AvgIpc) is 2.73. The highest BCUT2D eigenvalue weighted by molar-refractivity contribution is 7.09. The van der Waals surface area contributed by atoms with Gasteiger partial charge >= 0.3 is 18.0 Å². The molecule has 0 bridgehead atoms. The van der Waals surface area contributed by atoms with Crippen LogP contribution in [0.15, 0.2) is 5.51 Å². The molecule has 0 aliphatic carbocycles. The minimum absolute atomic E-state index is 0.280. The van der Waals surface area contributed by atoms with Crippen molar-refractivity contribution in [2.75, 3.05) is 7.05 Å². The molecule has 0 saturated heterocycles. The first-order valence-corrected chi connectivity index (χ1v) is 6.54. The van der Waals surface area contributed by atoms with Crippen LogP contribution < -0.4 is 5.32 Å². The van der Waals surface area contributed by atoms with Gasteiger partial charge in [-0.2, -0.15) is 0 Å². The van der Waals surface area contributed by atoms with E-state index >= 15 is 0 Å². The number of carbonyl (C=O) groups excluding carboxylic acids is 1. The molecule has 0 aromatic carbocycles. The number of nitrogens with one attached hydrogen (secondary N) is 1. The van der Waals surface area contributed by atoms with Crippen LogP contribution in [0.4, 0.5) is 4.79 Å². The Morgan fingerprint density at radius 1 is 1.45 bits per heavy atom. The van der Waals surface area contributed by atoms with Crippen LogP contribution in [0.3, 0.4) is 0 Å². The fourth-order valence-electron chi connectivity index (χ4n) is 1.40. The summed E-state index contributed by atoms with van der Waals surface area (Å²) < 4.78 is 0. The molecule has 110 valence electrons. The van der Waals surface area contributed by atoms with E-state index in [4.69, 9.17) is 10.2 Å². The van der Waals surface area contributed by atoms with E-state index in [1.165, 1.54) is 23.3 Å². The number of carboxylic acids is 2. The van der Waals surface area contributed by atoms with Gasteiger partial charge in [0.05, 0.1) is 24.2 Å². The van der Waals surface area contributed by atoms with Gasteiger partial charge in [-0.25, -0.2) is 14.6 Å². The Morgan fingerprint density at radius 2 is 2.10 bits per heavy atom. The van der Waals surface area contributed by atoms with Gasteiger partial charge < -0.3 is 20.4 Å². The van der Waals surface area contributed by atoms with E-state index in [0.717, 1.165) is 10.6 Å². The second kappa shape index (κ2) is 6.85. The van der Waals surface area contributed by atoms with Crippen molar-refractivity contribution in [1.29, 1.82) is 0 Å². The third kappa shape index (κ3) is 4.50. The summed E-state index contributed by atoms with van der Waals surface area (Å²) in [5.41, 5.74) is 2.45. The Balaban J connectivity index is 2.62. The third-order valence-corrected chi connectivity index (χ3v) is 3.47. The smallest absolute Gasteiger partial charge is 0.326 e. The Labute approximate surface area is 119 Å². The first-order chi connectivity index (χ1) is 9.31. The van der Waals surface area contributed by atoms with E-state index in [9.17, 15) is 14.4 Å². The number of rotatable bonds is 6. The van der Waals surface area contributed by atoms with Crippen LogP contribution >= 0.6 is 11.3 Å². The minimum Gasteiger partial charge on any atom is -0.481 e. The van der Waals surface area contributed by atoms with Crippen molar-refractivity contribution in [3.05, 3.63) is 16.1 Å². The highest BCUT2D eigenvalue weighted by Gasteiger charge is 2.24. The molecule has 0 radical (unpaired) electrons. The number of nitrogens with zero attached hydrogens (tertiary/aromatic N) is 2. The molecule has 0 fully saturated rings. The Bertz CT molecular complexity index is 516. The van der Waals surface area contributed by atoms with Crippen molar-refractivity contribution in [3.63, 3.8) is 0 Å². The maximum absolute atomic E-state index is 11.8. The lowest BCUT2D eigenvalue weighted by molar-refractivity contribution is -0.145. The summed E-state index contributed by atoms with van der Waals surface area (Å²) >= 11 is 1.39. The standard InChI is InChI=1S/C11H15N3O5S/c1-6-8(20-5-12-6)4-14(2)11(19)13-7(10(17)18)3-9(15)16/h5,7H,3-4H2,1-2H3,(H,13,19)(H,15,16)(H,17,18). The number of aliphatic carboxylic acids is 2. The summed E-state index contributed by atoms with van der Waals surface area (Å²) in [7, 11) is 1.49. The quantitative estimate of drug-likeness (QED) is 0.704. The van der Waals surface area contributed by atoms with Gasteiger partial charge in [-0.3, -0.25) is 4.79 Å². The van der Waals surface area contributed by atoms with Crippen molar-refractivity contribution in [2.45, 2.75) is 25.9 Å². The molecule has 0 saturated carbocycles. The molecule has 0 aliphatic heterocycles. The molecular weight excluding hydrogens is 286 g/mol. The molecule has 1 atom stereocenters. The Morgan fingerprint density at radius 3 is 2.55 bits per heavy atom. The van der Waals surface area contributed by atoms with Gasteiger partial charge in [0.25, 0.3) is 0 Å². The molecule has 1 unspecified atom stereocenters. The molecule has 3 N–H and O–H groups in total. The SMILES string of the molecule is Cc1ncsc1CN(C)C(=O)NC(CC(=O)O)C(=O)O. The van der Waals surface area contributed by atoms with Gasteiger partial charge in [-0.05, 0) is 6.92 Å². The number of aryl methyl sites for hydroxylation is 1. The molecule has 2 amide bonds. The van der Waals surface area contributed by atoms with E-state index < -0.39 is 30.4 Å². The lowest BCUT2D eigenvalue weighted by Crippen LogP contribution is -2.47. The molecule has 0 aliphatic rings. The van der Waals surface area contributed by atoms with Crippen LogP contribution in [-0.4, -0.2) is 51.2 Å². The van der Waals surface area contributed by atoms with Crippen LogP contribution in [0, 0.1) is 6.92 Å². The monoisotopic (exact) mass is 301 g/mol. The predicted octanol–water partition coefficient (Wildman–Crippen LogP) is 0.521. The van der Waals surface area contributed by atoms with Crippen molar-refractivity contribution < 1.29 is 24.6 Å².